The number of carbonyl (C=O) groups excluding carboxylic acids is 2. The van der Waals surface area contributed by atoms with Gasteiger partial charge in [0.1, 0.15) is 5.75 Å². The maximum Gasteiger partial charge on any atom is 0.334 e. The van der Waals surface area contributed by atoms with Crippen molar-refractivity contribution in [2.45, 2.75) is 38.3 Å². The van der Waals surface area contributed by atoms with Crippen LogP contribution in [0.5, 0.6) is 5.75 Å². The maximum absolute atomic E-state index is 12.9. The Labute approximate surface area is 172 Å². The highest BCUT2D eigenvalue weighted by molar-refractivity contribution is 6.08. The molecule has 0 saturated heterocycles. The number of para-hydroxylation sites is 1. The molecule has 2 aromatic carbocycles. The molecule has 0 aliphatic rings. The average molecular weight is 399 g/mol. The number of methoxy groups -OCH3 is 1. The number of rotatable bonds is 12. The number of nitrogens with two attached hydrogens (primary N) is 1. The Balaban J connectivity index is 1.98. The summed E-state index contributed by atoms with van der Waals surface area (Å²) < 4.78 is 16.0. The Bertz CT molecular complexity index is 793. The molecule has 2 aromatic rings. The van der Waals surface area contributed by atoms with Crippen molar-refractivity contribution in [3.05, 3.63) is 65.7 Å². The van der Waals surface area contributed by atoms with Crippen LogP contribution in [0.25, 0.3) is 0 Å². The molecule has 29 heavy (non-hydrogen) atoms. The summed E-state index contributed by atoms with van der Waals surface area (Å²) >= 11 is 0. The SMILES string of the molecule is CCOC(=O)[C@@](N)(Cc1ccccc1OC)C(=O)CCCOCc1ccccc1. The number of hydrogen-bond donors (Lipinski definition) is 1. The molecule has 0 fully saturated rings. The number of benzene rings is 2. The molecule has 6 nitrogen and oxygen atoms in total. The molecule has 0 aromatic heterocycles. The predicted molar refractivity (Wildman–Crippen MR) is 111 cm³/mol. The van der Waals surface area contributed by atoms with Crippen LogP contribution in [0.2, 0.25) is 0 Å². The number of hydrogen-bond acceptors (Lipinski definition) is 6. The van der Waals surface area contributed by atoms with Crippen molar-refractivity contribution in [2.24, 2.45) is 5.73 Å². The van der Waals surface area contributed by atoms with Crippen LogP contribution >= 0.6 is 0 Å². The predicted octanol–water partition coefficient (Wildman–Crippen LogP) is 3.06. The summed E-state index contributed by atoms with van der Waals surface area (Å²) in [6.07, 6.45) is 0.606. The van der Waals surface area contributed by atoms with Crippen molar-refractivity contribution >= 4 is 11.8 Å². The van der Waals surface area contributed by atoms with E-state index in [0.29, 0.717) is 30.9 Å². The Kier molecular flexibility index (Phi) is 8.83. The first-order valence-corrected chi connectivity index (χ1v) is 9.74. The highest BCUT2D eigenvalue weighted by Gasteiger charge is 2.43. The molecule has 0 unspecified atom stereocenters. The zero-order chi connectivity index (χ0) is 21.1. The molecule has 6 heteroatoms. The van der Waals surface area contributed by atoms with Gasteiger partial charge in [-0.1, -0.05) is 48.5 Å². The minimum absolute atomic E-state index is 0.0134. The van der Waals surface area contributed by atoms with Crippen molar-refractivity contribution in [1.29, 1.82) is 0 Å². The smallest absolute Gasteiger partial charge is 0.334 e. The van der Waals surface area contributed by atoms with Crippen molar-refractivity contribution in [1.82, 2.24) is 0 Å². The minimum atomic E-state index is -1.76. The van der Waals surface area contributed by atoms with E-state index in [-0.39, 0.29) is 25.2 Å². The van der Waals surface area contributed by atoms with Crippen LogP contribution in [0.15, 0.2) is 54.6 Å². The molecule has 0 amide bonds. The molecular formula is C23H29NO5. The zero-order valence-corrected chi connectivity index (χ0v) is 17.1. The monoisotopic (exact) mass is 399 g/mol. The third-order valence-electron chi connectivity index (χ3n) is 4.60. The van der Waals surface area contributed by atoms with Gasteiger partial charge in [0.25, 0.3) is 0 Å². The van der Waals surface area contributed by atoms with E-state index in [2.05, 4.69) is 0 Å². The molecule has 0 bridgehead atoms. The van der Waals surface area contributed by atoms with Gasteiger partial charge in [-0.2, -0.15) is 0 Å². The van der Waals surface area contributed by atoms with E-state index in [9.17, 15) is 9.59 Å². The molecule has 0 radical (unpaired) electrons. The van der Waals surface area contributed by atoms with E-state index >= 15 is 0 Å². The Morgan fingerprint density at radius 1 is 1.03 bits per heavy atom. The summed E-state index contributed by atoms with van der Waals surface area (Å²) in [5.41, 5.74) is 6.30. The second kappa shape index (κ2) is 11.3. The van der Waals surface area contributed by atoms with Crippen LogP contribution in [-0.2, 0) is 32.1 Å². The van der Waals surface area contributed by atoms with Crippen molar-refractivity contribution in [3.8, 4) is 5.75 Å². The average Bonchev–Trinajstić information content (AvgIpc) is 2.74. The highest BCUT2D eigenvalue weighted by Crippen LogP contribution is 2.24. The van der Waals surface area contributed by atoms with E-state index in [1.54, 1.807) is 19.1 Å². The van der Waals surface area contributed by atoms with E-state index in [0.717, 1.165) is 5.56 Å². The van der Waals surface area contributed by atoms with E-state index < -0.39 is 11.5 Å². The van der Waals surface area contributed by atoms with Gasteiger partial charge in [0.05, 0.1) is 20.3 Å². The fourth-order valence-corrected chi connectivity index (χ4v) is 3.02. The Morgan fingerprint density at radius 3 is 2.41 bits per heavy atom. The van der Waals surface area contributed by atoms with Gasteiger partial charge in [0.15, 0.2) is 11.3 Å². The topological polar surface area (TPSA) is 87.9 Å². The van der Waals surface area contributed by atoms with Crippen LogP contribution in [0, 0.1) is 0 Å². The molecular weight excluding hydrogens is 370 g/mol. The van der Waals surface area contributed by atoms with Gasteiger partial charge in [0.2, 0.25) is 0 Å². The summed E-state index contributed by atoms with van der Waals surface area (Å²) in [4.78, 5) is 25.4. The lowest BCUT2D eigenvalue weighted by Crippen LogP contribution is -2.57. The molecule has 2 rings (SSSR count). The molecule has 0 heterocycles. The third-order valence-corrected chi connectivity index (χ3v) is 4.60. The summed E-state index contributed by atoms with van der Waals surface area (Å²) in [5.74, 6) is -0.517. The largest absolute Gasteiger partial charge is 0.496 e. The molecule has 0 aliphatic carbocycles. The Hall–Kier alpha value is -2.70. The van der Waals surface area contributed by atoms with Gasteiger partial charge in [-0.05, 0) is 30.5 Å². The molecule has 0 aliphatic heterocycles. The lowest BCUT2D eigenvalue weighted by molar-refractivity contribution is -0.153. The first kappa shape index (κ1) is 22.6. The first-order valence-electron chi connectivity index (χ1n) is 9.74. The van der Waals surface area contributed by atoms with Gasteiger partial charge in [-0.25, -0.2) is 4.79 Å². The maximum atomic E-state index is 12.9. The molecule has 0 spiro atoms. The van der Waals surface area contributed by atoms with Gasteiger partial charge in [-0.15, -0.1) is 0 Å². The normalized spacial score (nSPS) is 12.8. The molecule has 0 saturated carbocycles. The number of ketones is 1. The van der Waals surface area contributed by atoms with Crippen molar-refractivity contribution in [2.75, 3.05) is 20.3 Å². The highest BCUT2D eigenvalue weighted by atomic mass is 16.5. The zero-order valence-electron chi connectivity index (χ0n) is 17.1. The number of Topliss-reactive ketones (excluding diaryl/α,β-unsaturated/α-hetero) is 1. The van der Waals surface area contributed by atoms with Crippen LogP contribution in [0.3, 0.4) is 0 Å². The first-order chi connectivity index (χ1) is 14.0. The molecule has 1 atom stereocenters. The van der Waals surface area contributed by atoms with E-state index in [1.165, 1.54) is 7.11 Å². The van der Waals surface area contributed by atoms with Crippen LogP contribution in [0.1, 0.15) is 30.9 Å². The quantitative estimate of drug-likeness (QED) is 0.335. The fourth-order valence-electron chi connectivity index (χ4n) is 3.02. The van der Waals surface area contributed by atoms with E-state index in [4.69, 9.17) is 19.9 Å². The van der Waals surface area contributed by atoms with Crippen molar-refractivity contribution < 1.29 is 23.8 Å². The fraction of sp³-hybridized carbons (Fsp3) is 0.391. The van der Waals surface area contributed by atoms with Gasteiger partial charge < -0.3 is 19.9 Å². The Morgan fingerprint density at radius 2 is 1.72 bits per heavy atom. The van der Waals surface area contributed by atoms with Crippen LogP contribution < -0.4 is 10.5 Å². The molecule has 156 valence electrons. The summed E-state index contributed by atoms with van der Waals surface area (Å²) in [6, 6.07) is 17.0. The minimum Gasteiger partial charge on any atom is -0.496 e. The van der Waals surface area contributed by atoms with Gasteiger partial charge in [0, 0.05) is 19.4 Å². The van der Waals surface area contributed by atoms with E-state index in [1.807, 2.05) is 42.5 Å². The number of esters is 1. The summed E-state index contributed by atoms with van der Waals surface area (Å²) in [5, 5.41) is 0. The lowest BCUT2D eigenvalue weighted by atomic mass is 9.85. The van der Waals surface area contributed by atoms with Crippen LogP contribution in [0.4, 0.5) is 0 Å². The number of ether oxygens (including phenoxy) is 3. The van der Waals surface area contributed by atoms with Gasteiger partial charge >= 0.3 is 5.97 Å². The number of carbonyl (C=O) groups is 2. The van der Waals surface area contributed by atoms with Crippen molar-refractivity contribution in [3.63, 3.8) is 0 Å². The standard InChI is InChI=1S/C23H29NO5/c1-3-29-22(26)23(24,16-19-12-7-8-13-20(19)27-2)21(25)14-9-15-28-17-18-10-5-4-6-11-18/h4-8,10-13H,3,9,14-17,24H2,1-2H3/t23-/m1/s1. The van der Waals surface area contributed by atoms with Crippen LogP contribution in [-0.4, -0.2) is 37.6 Å². The third kappa shape index (κ3) is 6.41. The summed E-state index contributed by atoms with van der Waals surface area (Å²) in [7, 11) is 1.54. The second-order valence-electron chi connectivity index (χ2n) is 6.75. The molecule has 2 N–H and O–H groups in total. The summed E-state index contributed by atoms with van der Waals surface area (Å²) in [6.45, 7) is 2.70. The second-order valence-corrected chi connectivity index (χ2v) is 6.75. The van der Waals surface area contributed by atoms with Gasteiger partial charge in [-0.3, -0.25) is 4.79 Å². The lowest BCUT2D eigenvalue weighted by Gasteiger charge is -2.26.